The Kier molecular flexibility index (Phi) is 3.87. The average molecular weight is 459 g/mol. The van der Waals surface area contributed by atoms with E-state index in [0.717, 1.165) is 40.6 Å². The van der Waals surface area contributed by atoms with Gasteiger partial charge in [0.15, 0.2) is 11.4 Å². The second-order valence-electron chi connectivity index (χ2n) is 9.10. The summed E-state index contributed by atoms with van der Waals surface area (Å²) in [4.78, 5) is 19.4. The van der Waals surface area contributed by atoms with E-state index in [2.05, 4.69) is 30.3 Å². The Morgan fingerprint density at radius 2 is 2.03 bits per heavy atom. The van der Waals surface area contributed by atoms with Crippen LogP contribution >= 0.6 is 0 Å². The predicted molar refractivity (Wildman–Crippen MR) is 126 cm³/mol. The van der Waals surface area contributed by atoms with Crippen LogP contribution in [0.5, 0.6) is 11.8 Å². The number of aromatic nitrogens is 6. The largest absolute Gasteiger partial charge is 0.421 e. The second-order valence-corrected chi connectivity index (χ2v) is 9.10. The Morgan fingerprint density at radius 3 is 2.82 bits per heavy atom. The number of aromatic amines is 1. The topological polar surface area (TPSA) is 122 Å². The Morgan fingerprint density at radius 1 is 1.21 bits per heavy atom. The van der Waals surface area contributed by atoms with Crippen molar-refractivity contribution >= 4 is 39.1 Å². The lowest BCUT2D eigenvalue weighted by Gasteiger charge is -2.21. The monoisotopic (exact) mass is 459 g/mol. The second kappa shape index (κ2) is 6.76. The van der Waals surface area contributed by atoms with Gasteiger partial charge in [0.2, 0.25) is 0 Å². The molecule has 34 heavy (non-hydrogen) atoms. The molecule has 0 radical (unpaired) electrons. The normalized spacial score (nSPS) is 21.5. The first kappa shape index (κ1) is 19.5. The third-order valence-electron chi connectivity index (χ3n) is 7.03. The maximum absolute atomic E-state index is 14.5. The molecule has 1 saturated carbocycles. The zero-order valence-corrected chi connectivity index (χ0v) is 18.6. The summed E-state index contributed by atoms with van der Waals surface area (Å²) in [6.07, 6.45) is 5.12. The van der Waals surface area contributed by atoms with Crippen LogP contribution in [0.15, 0.2) is 30.7 Å². The van der Waals surface area contributed by atoms with Crippen LogP contribution in [0.1, 0.15) is 5.56 Å². The van der Waals surface area contributed by atoms with Crippen molar-refractivity contribution in [1.29, 1.82) is 0 Å². The van der Waals surface area contributed by atoms with Crippen molar-refractivity contribution in [2.24, 2.45) is 17.6 Å². The summed E-state index contributed by atoms with van der Waals surface area (Å²) in [5.74, 6) is 1.76. The highest BCUT2D eigenvalue weighted by Crippen LogP contribution is 2.47. The summed E-state index contributed by atoms with van der Waals surface area (Å²) in [6, 6.07) is 3.40. The Balaban J connectivity index is 1.38. The SMILES string of the molecule is CNc1cc(F)cc2c1[nH]c1nc(Oc3cnc4c(C)cnn4c3)nc(N3CC4C(N)C4C3)c12. The molecule has 5 heterocycles. The first-order chi connectivity index (χ1) is 16.5. The summed E-state index contributed by atoms with van der Waals surface area (Å²) in [5.41, 5.74) is 9.89. The van der Waals surface area contributed by atoms with Gasteiger partial charge in [-0.05, 0) is 30.9 Å². The lowest BCUT2D eigenvalue weighted by molar-refractivity contribution is 0.438. The molecule has 2 fully saturated rings. The molecule has 0 bridgehead atoms. The van der Waals surface area contributed by atoms with Crippen LogP contribution in [0.25, 0.3) is 27.6 Å². The standard InChI is InChI=1S/C23H22FN9O/c1-10-5-28-33-7-12(6-27-21(10)33)34-23-30-20-17(13-3-11(24)4-16(26-2)19(13)29-20)22(31-23)32-8-14-15(9-32)18(14)25/h3-7,14-15,18,26H,8-9,25H2,1-2H3,(H,29,30,31). The van der Waals surface area contributed by atoms with Crippen molar-refractivity contribution in [2.45, 2.75) is 13.0 Å². The zero-order chi connectivity index (χ0) is 23.1. The summed E-state index contributed by atoms with van der Waals surface area (Å²) >= 11 is 0. The van der Waals surface area contributed by atoms with E-state index in [9.17, 15) is 4.39 Å². The number of aryl methyl sites for hydroxylation is 1. The van der Waals surface area contributed by atoms with Gasteiger partial charge in [-0.1, -0.05) is 0 Å². The minimum absolute atomic E-state index is 0.176. The molecule has 2 aliphatic rings. The van der Waals surface area contributed by atoms with Crippen molar-refractivity contribution in [2.75, 3.05) is 30.4 Å². The van der Waals surface area contributed by atoms with Gasteiger partial charge in [0, 0.05) is 37.1 Å². The van der Waals surface area contributed by atoms with Gasteiger partial charge in [-0.15, -0.1) is 0 Å². The zero-order valence-electron chi connectivity index (χ0n) is 18.6. The van der Waals surface area contributed by atoms with Crippen LogP contribution in [0, 0.1) is 24.6 Å². The minimum atomic E-state index is -0.329. The Bertz CT molecular complexity index is 1600. The molecular weight excluding hydrogens is 437 g/mol. The van der Waals surface area contributed by atoms with Crippen LogP contribution in [-0.4, -0.2) is 55.7 Å². The van der Waals surface area contributed by atoms with Gasteiger partial charge >= 0.3 is 6.01 Å². The van der Waals surface area contributed by atoms with E-state index in [1.165, 1.54) is 12.1 Å². The predicted octanol–water partition coefficient (Wildman–Crippen LogP) is 2.83. The van der Waals surface area contributed by atoms with Crippen molar-refractivity contribution in [3.63, 3.8) is 0 Å². The molecule has 2 atom stereocenters. The number of nitrogens with one attached hydrogen (secondary N) is 2. The smallest absolute Gasteiger partial charge is 0.326 e. The van der Waals surface area contributed by atoms with Crippen molar-refractivity contribution < 1.29 is 9.13 Å². The minimum Gasteiger partial charge on any atom is -0.421 e. The Hall–Kier alpha value is -3.99. The third kappa shape index (κ3) is 2.76. The first-order valence-corrected chi connectivity index (χ1v) is 11.2. The number of anilines is 2. The van der Waals surface area contributed by atoms with Crippen molar-refractivity contribution in [1.82, 2.24) is 29.5 Å². The van der Waals surface area contributed by atoms with Gasteiger partial charge in [0.25, 0.3) is 0 Å². The molecule has 11 heteroatoms. The molecule has 1 aliphatic carbocycles. The molecule has 10 nitrogen and oxygen atoms in total. The van der Waals surface area contributed by atoms with Gasteiger partial charge in [0.05, 0.1) is 35.2 Å². The lowest BCUT2D eigenvalue weighted by Crippen LogP contribution is -2.29. The lowest BCUT2D eigenvalue weighted by atomic mass is 10.1. The van der Waals surface area contributed by atoms with Gasteiger partial charge in [-0.25, -0.2) is 13.9 Å². The van der Waals surface area contributed by atoms with Crippen LogP contribution in [0.3, 0.4) is 0 Å². The van der Waals surface area contributed by atoms with Gasteiger partial charge in [-0.3, -0.25) is 0 Å². The fourth-order valence-corrected chi connectivity index (χ4v) is 5.18. The van der Waals surface area contributed by atoms with E-state index in [1.807, 2.05) is 6.92 Å². The molecule has 1 aliphatic heterocycles. The number of halogens is 1. The van der Waals surface area contributed by atoms with E-state index < -0.39 is 0 Å². The number of ether oxygens (including phenoxy) is 1. The van der Waals surface area contributed by atoms with Crippen LogP contribution in [-0.2, 0) is 0 Å². The molecule has 4 N–H and O–H groups in total. The van der Waals surface area contributed by atoms with E-state index in [-0.39, 0.29) is 17.9 Å². The number of H-pyrrole nitrogens is 1. The summed E-state index contributed by atoms with van der Waals surface area (Å²) in [6.45, 7) is 3.56. The molecule has 0 amide bonds. The van der Waals surface area contributed by atoms with Gasteiger partial charge in [-0.2, -0.15) is 15.1 Å². The van der Waals surface area contributed by atoms with Gasteiger partial charge < -0.3 is 25.7 Å². The Labute approximate surface area is 192 Å². The third-order valence-corrected chi connectivity index (χ3v) is 7.03. The molecule has 0 spiro atoms. The van der Waals surface area contributed by atoms with E-state index in [1.54, 1.807) is 30.2 Å². The fourth-order valence-electron chi connectivity index (χ4n) is 5.18. The van der Waals surface area contributed by atoms with Crippen LogP contribution in [0.2, 0.25) is 0 Å². The maximum atomic E-state index is 14.5. The summed E-state index contributed by atoms with van der Waals surface area (Å²) in [7, 11) is 1.76. The molecule has 7 rings (SSSR count). The van der Waals surface area contributed by atoms with Gasteiger partial charge in [0.1, 0.15) is 17.3 Å². The number of benzene rings is 1. The first-order valence-electron chi connectivity index (χ1n) is 11.2. The number of nitrogens with two attached hydrogens (primary N) is 1. The molecule has 4 aromatic heterocycles. The van der Waals surface area contributed by atoms with E-state index in [4.69, 9.17) is 15.5 Å². The summed E-state index contributed by atoms with van der Waals surface area (Å²) < 4.78 is 22.1. The molecule has 2 unspecified atom stereocenters. The maximum Gasteiger partial charge on any atom is 0.326 e. The number of hydrogen-bond donors (Lipinski definition) is 3. The number of nitrogens with zero attached hydrogens (tertiary/aromatic N) is 6. The molecule has 172 valence electrons. The molecule has 1 saturated heterocycles. The molecule has 1 aromatic carbocycles. The van der Waals surface area contributed by atoms with Crippen molar-refractivity contribution in [3.05, 3.63) is 42.1 Å². The highest BCUT2D eigenvalue weighted by atomic mass is 19.1. The van der Waals surface area contributed by atoms with Crippen LogP contribution in [0.4, 0.5) is 15.9 Å². The highest BCUT2D eigenvalue weighted by Gasteiger charge is 2.54. The fraction of sp³-hybridized carbons (Fsp3) is 0.304. The molecule has 5 aromatic rings. The highest BCUT2D eigenvalue weighted by molar-refractivity contribution is 6.14. The number of rotatable bonds is 4. The quantitative estimate of drug-likeness (QED) is 0.375. The number of piperidine rings is 1. The molecular formula is C23H22FN9O. The van der Waals surface area contributed by atoms with E-state index >= 15 is 0 Å². The number of fused-ring (bicyclic) bond motifs is 5. The average Bonchev–Trinajstić information content (AvgIpc) is 3.24. The van der Waals surface area contributed by atoms with Crippen LogP contribution < -0.4 is 20.7 Å². The number of hydrogen-bond acceptors (Lipinski definition) is 8. The summed E-state index contributed by atoms with van der Waals surface area (Å²) in [5, 5.41) is 8.84. The van der Waals surface area contributed by atoms with E-state index in [0.29, 0.717) is 34.7 Å². The van der Waals surface area contributed by atoms with Crippen molar-refractivity contribution in [3.8, 4) is 11.8 Å².